The number of nitrogens with zero attached hydrogens (tertiary/aromatic N) is 3. The van der Waals surface area contributed by atoms with Crippen molar-refractivity contribution in [2.24, 2.45) is 0 Å². The minimum absolute atomic E-state index is 0.105. The molecule has 5 nitrogen and oxygen atoms in total. The van der Waals surface area contributed by atoms with Crippen LogP contribution in [0.4, 0.5) is 4.39 Å². The number of benzene rings is 2. The Balaban J connectivity index is 1.64. The second kappa shape index (κ2) is 8.05. The molecule has 0 spiro atoms. The summed E-state index contributed by atoms with van der Waals surface area (Å²) in [5, 5.41) is 1.38. The highest BCUT2D eigenvalue weighted by atomic mass is 35.5. The maximum absolute atomic E-state index is 13.5. The van der Waals surface area contributed by atoms with E-state index in [1.165, 1.54) is 12.1 Å². The van der Waals surface area contributed by atoms with E-state index in [4.69, 9.17) is 16.3 Å². The first-order valence-electron chi connectivity index (χ1n) is 9.57. The average Bonchev–Trinajstić information content (AvgIpc) is 2.98. The van der Waals surface area contributed by atoms with Gasteiger partial charge in [0.25, 0.3) is 0 Å². The van der Waals surface area contributed by atoms with Gasteiger partial charge in [-0.2, -0.15) is 0 Å². The molecule has 1 aliphatic rings. The molecule has 0 radical (unpaired) electrons. The summed E-state index contributed by atoms with van der Waals surface area (Å²) in [6.07, 6.45) is 2.37. The number of aromatic nitrogens is 1. The van der Waals surface area contributed by atoms with Gasteiger partial charge in [-0.3, -0.25) is 9.69 Å². The molecule has 2 heterocycles. The van der Waals surface area contributed by atoms with Crippen LogP contribution >= 0.6 is 11.6 Å². The first-order chi connectivity index (χ1) is 13.9. The van der Waals surface area contributed by atoms with Gasteiger partial charge in [0.15, 0.2) is 0 Å². The number of halogens is 2. The van der Waals surface area contributed by atoms with Crippen molar-refractivity contribution in [3.8, 4) is 11.4 Å². The highest BCUT2D eigenvalue weighted by Crippen LogP contribution is 2.35. The van der Waals surface area contributed by atoms with Gasteiger partial charge in [-0.05, 0) is 36.4 Å². The number of amides is 1. The largest absolute Gasteiger partial charge is 0.490 e. The fourth-order valence-electron chi connectivity index (χ4n) is 3.66. The molecule has 0 atom stereocenters. The van der Waals surface area contributed by atoms with Crippen LogP contribution < -0.4 is 4.74 Å². The summed E-state index contributed by atoms with van der Waals surface area (Å²) in [6.45, 7) is 2.56. The zero-order chi connectivity index (χ0) is 20.5. The molecule has 7 heteroatoms. The van der Waals surface area contributed by atoms with Crippen LogP contribution in [0.15, 0.2) is 42.6 Å². The molecule has 0 N–H and O–H groups in total. The van der Waals surface area contributed by atoms with Crippen molar-refractivity contribution in [2.45, 2.75) is 13.0 Å². The fourth-order valence-corrected chi connectivity index (χ4v) is 3.94. The fraction of sp³-hybridized carbons (Fsp3) is 0.318. The molecule has 0 saturated carbocycles. The minimum atomic E-state index is -0.258. The van der Waals surface area contributed by atoms with E-state index >= 15 is 0 Å². The number of carbonyl (C=O) groups is 1. The molecule has 3 aromatic rings. The molecule has 152 valence electrons. The van der Waals surface area contributed by atoms with Crippen molar-refractivity contribution in [3.63, 3.8) is 0 Å². The number of hydrogen-bond donors (Lipinski definition) is 0. The van der Waals surface area contributed by atoms with Crippen LogP contribution in [0.1, 0.15) is 12.0 Å². The molecular formula is C22H23ClFN3O2. The highest BCUT2D eigenvalue weighted by molar-refractivity contribution is 6.32. The molecule has 0 unspecified atom stereocenters. The Kier molecular flexibility index (Phi) is 5.48. The number of ether oxygens (including phenoxy) is 1. The van der Waals surface area contributed by atoms with Gasteiger partial charge in [0.1, 0.15) is 18.2 Å². The summed E-state index contributed by atoms with van der Waals surface area (Å²) in [4.78, 5) is 15.8. The Morgan fingerprint density at radius 1 is 1.24 bits per heavy atom. The van der Waals surface area contributed by atoms with E-state index in [-0.39, 0.29) is 11.7 Å². The lowest BCUT2D eigenvalue weighted by Crippen LogP contribution is -2.31. The van der Waals surface area contributed by atoms with Crippen LogP contribution in [-0.2, 0) is 11.3 Å². The normalized spacial score (nSPS) is 14.3. The molecule has 0 aliphatic carbocycles. The van der Waals surface area contributed by atoms with Crippen LogP contribution in [-0.4, -0.2) is 54.1 Å². The van der Waals surface area contributed by atoms with Gasteiger partial charge < -0.3 is 14.2 Å². The summed E-state index contributed by atoms with van der Waals surface area (Å²) in [7, 11) is 3.53. The molecule has 2 aromatic carbocycles. The number of fused-ring (bicyclic) bond motifs is 2. The lowest BCUT2D eigenvalue weighted by atomic mass is 10.1. The highest BCUT2D eigenvalue weighted by Gasteiger charge is 2.20. The minimum Gasteiger partial charge on any atom is -0.490 e. The maximum Gasteiger partial charge on any atom is 0.223 e. The smallest absolute Gasteiger partial charge is 0.223 e. The lowest BCUT2D eigenvalue weighted by molar-refractivity contribution is -0.129. The molecule has 29 heavy (non-hydrogen) atoms. The summed E-state index contributed by atoms with van der Waals surface area (Å²) in [5.74, 6) is 0.541. The van der Waals surface area contributed by atoms with Crippen LogP contribution in [0.25, 0.3) is 16.6 Å². The number of rotatable bonds is 4. The third kappa shape index (κ3) is 4.09. The van der Waals surface area contributed by atoms with Crippen molar-refractivity contribution in [1.82, 2.24) is 14.4 Å². The van der Waals surface area contributed by atoms with Gasteiger partial charge in [0.2, 0.25) is 5.91 Å². The van der Waals surface area contributed by atoms with E-state index in [0.29, 0.717) is 36.9 Å². The molecule has 0 saturated heterocycles. The second-order valence-electron chi connectivity index (χ2n) is 7.47. The first kappa shape index (κ1) is 19.7. The predicted octanol–water partition coefficient (Wildman–Crippen LogP) is 4.10. The summed E-state index contributed by atoms with van der Waals surface area (Å²) in [6, 6.07) is 10.5. The van der Waals surface area contributed by atoms with Gasteiger partial charge in [-0.1, -0.05) is 11.6 Å². The van der Waals surface area contributed by atoms with Crippen LogP contribution in [0.5, 0.6) is 5.75 Å². The monoisotopic (exact) mass is 415 g/mol. The third-order valence-corrected chi connectivity index (χ3v) is 5.51. The van der Waals surface area contributed by atoms with E-state index in [9.17, 15) is 9.18 Å². The molecule has 1 aliphatic heterocycles. The molecule has 4 rings (SSSR count). The third-order valence-electron chi connectivity index (χ3n) is 5.22. The predicted molar refractivity (Wildman–Crippen MR) is 112 cm³/mol. The van der Waals surface area contributed by atoms with Crippen LogP contribution in [0.3, 0.4) is 0 Å². The average molecular weight is 416 g/mol. The maximum atomic E-state index is 13.5. The van der Waals surface area contributed by atoms with E-state index in [0.717, 1.165) is 28.7 Å². The summed E-state index contributed by atoms with van der Waals surface area (Å²) >= 11 is 6.55. The Bertz CT molecular complexity index is 1060. The number of hydrogen-bond acceptors (Lipinski definition) is 3. The van der Waals surface area contributed by atoms with E-state index in [2.05, 4.69) is 11.0 Å². The second-order valence-corrected chi connectivity index (χ2v) is 7.87. The van der Waals surface area contributed by atoms with Gasteiger partial charge in [0, 0.05) is 63.0 Å². The molecule has 1 aromatic heterocycles. The standard InChI is InChI=1S/C22H23ClFN3O2/c1-25(2)21(28)6-7-26-9-10-29-22-16(14-26)12-18(13-19(22)23)27-8-5-15-11-17(24)3-4-20(15)27/h3-5,8,11-13H,6-7,9-10,14H2,1-2H3. The van der Waals surface area contributed by atoms with Crippen molar-refractivity contribution >= 4 is 28.4 Å². The first-order valence-corrected chi connectivity index (χ1v) is 9.95. The molecule has 1 amide bonds. The van der Waals surface area contributed by atoms with Crippen LogP contribution in [0, 0.1) is 5.82 Å². The number of carbonyl (C=O) groups excluding carboxylic acids is 1. The topological polar surface area (TPSA) is 37.7 Å². The van der Waals surface area contributed by atoms with Gasteiger partial charge in [-0.25, -0.2) is 4.39 Å². The van der Waals surface area contributed by atoms with Gasteiger partial charge in [-0.15, -0.1) is 0 Å². The van der Waals surface area contributed by atoms with E-state index in [1.54, 1.807) is 25.1 Å². The Labute approximate surface area is 174 Å². The van der Waals surface area contributed by atoms with Crippen LogP contribution in [0.2, 0.25) is 5.02 Å². The zero-order valence-corrected chi connectivity index (χ0v) is 17.2. The molecular weight excluding hydrogens is 393 g/mol. The van der Waals surface area contributed by atoms with E-state index < -0.39 is 0 Å². The SMILES string of the molecule is CN(C)C(=O)CCN1CCOc2c(Cl)cc(-n3ccc4cc(F)ccc43)cc2C1. The zero-order valence-electron chi connectivity index (χ0n) is 16.5. The Morgan fingerprint density at radius 3 is 2.86 bits per heavy atom. The Morgan fingerprint density at radius 2 is 2.07 bits per heavy atom. The summed E-state index contributed by atoms with van der Waals surface area (Å²) < 4.78 is 21.4. The van der Waals surface area contributed by atoms with Crippen molar-refractivity contribution < 1.29 is 13.9 Å². The van der Waals surface area contributed by atoms with Gasteiger partial charge in [0.05, 0.1) is 10.5 Å². The van der Waals surface area contributed by atoms with Crippen molar-refractivity contribution in [3.05, 3.63) is 59.0 Å². The van der Waals surface area contributed by atoms with E-state index in [1.807, 2.05) is 22.9 Å². The molecule has 0 fully saturated rings. The van der Waals surface area contributed by atoms with Gasteiger partial charge >= 0.3 is 0 Å². The van der Waals surface area contributed by atoms with Crippen molar-refractivity contribution in [2.75, 3.05) is 33.8 Å². The van der Waals surface area contributed by atoms with Crippen molar-refractivity contribution in [1.29, 1.82) is 0 Å². The lowest BCUT2D eigenvalue weighted by Gasteiger charge is -2.20. The Hall–Kier alpha value is -2.57. The summed E-state index contributed by atoms with van der Waals surface area (Å²) in [5.41, 5.74) is 2.78. The quantitative estimate of drug-likeness (QED) is 0.644. The molecule has 0 bridgehead atoms.